The first-order chi connectivity index (χ1) is 11.8. The van der Waals surface area contributed by atoms with E-state index in [1.165, 1.54) is 0 Å². The van der Waals surface area contributed by atoms with Crippen molar-refractivity contribution in [2.45, 2.75) is 11.2 Å². The van der Waals surface area contributed by atoms with E-state index in [9.17, 15) is 19.0 Å². The Bertz CT molecular complexity index is 744. The van der Waals surface area contributed by atoms with Crippen LogP contribution in [0.15, 0.2) is 0 Å². The molecule has 1 aromatic rings. The SMILES string of the molecule is O=C(O)C(O)(C(O)P(=O)(O)O)P(=O)(O)O.Oc1c(Cl)c(Cl)c(Cl)c(Cl)c1Cl.[H-].[Na+]. The van der Waals surface area contributed by atoms with Crippen LogP contribution in [0.4, 0.5) is 0 Å². The van der Waals surface area contributed by atoms with E-state index in [0.717, 1.165) is 0 Å². The first kappa shape index (κ1) is 31.3. The summed E-state index contributed by atoms with van der Waals surface area (Å²) in [4.78, 5) is 43.8. The van der Waals surface area contributed by atoms with Gasteiger partial charge in [-0.3, -0.25) is 9.13 Å². The average Bonchev–Trinajstić information content (AvgIpc) is 2.53. The van der Waals surface area contributed by atoms with Gasteiger partial charge >= 0.3 is 56.1 Å². The van der Waals surface area contributed by atoms with E-state index in [-0.39, 0.29) is 61.8 Å². The molecule has 0 aliphatic carbocycles. The van der Waals surface area contributed by atoms with Crippen molar-refractivity contribution in [2.75, 3.05) is 0 Å². The number of carboxylic acids is 1. The average molecular weight is 556 g/mol. The second kappa shape index (κ2) is 11.2. The summed E-state index contributed by atoms with van der Waals surface area (Å²) < 4.78 is 20.9. The van der Waals surface area contributed by atoms with E-state index in [1.54, 1.807) is 0 Å². The van der Waals surface area contributed by atoms with Gasteiger partial charge < -0.3 is 41.4 Å². The first-order valence-electron chi connectivity index (χ1n) is 5.76. The van der Waals surface area contributed by atoms with Gasteiger partial charge in [0.25, 0.3) is 0 Å². The third kappa shape index (κ3) is 6.83. The second-order valence-electron chi connectivity index (χ2n) is 4.46. The molecule has 0 aliphatic rings. The van der Waals surface area contributed by atoms with E-state index in [0.29, 0.717) is 0 Å². The predicted molar refractivity (Wildman–Crippen MR) is 96.9 cm³/mol. The fourth-order valence-electron chi connectivity index (χ4n) is 1.21. The van der Waals surface area contributed by atoms with E-state index in [4.69, 9.17) is 92.9 Å². The summed E-state index contributed by atoms with van der Waals surface area (Å²) in [5.41, 5.74) is 0. The summed E-state index contributed by atoms with van der Waals surface area (Å²) in [5, 5.41) is 30.7. The topological polar surface area (TPSA) is 213 Å². The van der Waals surface area contributed by atoms with Crippen LogP contribution in [0, 0.1) is 0 Å². The largest absolute Gasteiger partial charge is 1.00 e. The minimum atomic E-state index is -5.88. The minimum absolute atomic E-state index is 0. The molecule has 19 heteroatoms. The molecular formula is C9H10Cl5NaO11P2. The Morgan fingerprint density at radius 2 is 1.18 bits per heavy atom. The normalized spacial score (nSPS) is 14.8. The molecule has 11 nitrogen and oxygen atoms in total. The van der Waals surface area contributed by atoms with Gasteiger partial charge in [-0.2, -0.15) is 0 Å². The summed E-state index contributed by atoms with van der Waals surface area (Å²) in [5.74, 6) is -6.44. The number of benzene rings is 1. The van der Waals surface area contributed by atoms with Crippen LogP contribution in [0.25, 0.3) is 0 Å². The number of aromatic hydroxyl groups is 1. The first-order valence-corrected chi connectivity index (χ1v) is 10.9. The summed E-state index contributed by atoms with van der Waals surface area (Å²) in [6.45, 7) is 0. The third-order valence-electron chi connectivity index (χ3n) is 2.62. The molecule has 8 N–H and O–H groups in total. The number of rotatable bonds is 4. The maximum atomic E-state index is 10.5. The Morgan fingerprint density at radius 1 is 0.893 bits per heavy atom. The van der Waals surface area contributed by atoms with Gasteiger partial charge in [0.2, 0.25) is 5.85 Å². The van der Waals surface area contributed by atoms with Gasteiger partial charge in [0.05, 0.1) is 15.1 Å². The monoisotopic (exact) mass is 554 g/mol. The van der Waals surface area contributed by atoms with Crippen molar-refractivity contribution in [2.24, 2.45) is 0 Å². The quantitative estimate of drug-likeness (QED) is 0.0996. The van der Waals surface area contributed by atoms with Crippen molar-refractivity contribution in [3.05, 3.63) is 25.1 Å². The van der Waals surface area contributed by atoms with Crippen LogP contribution in [0.5, 0.6) is 5.75 Å². The molecule has 1 aromatic carbocycles. The van der Waals surface area contributed by atoms with Gasteiger partial charge in [0, 0.05) is 0 Å². The molecule has 0 amide bonds. The molecule has 28 heavy (non-hydrogen) atoms. The van der Waals surface area contributed by atoms with Crippen LogP contribution in [0.3, 0.4) is 0 Å². The van der Waals surface area contributed by atoms with Gasteiger partial charge in [-0.1, -0.05) is 58.0 Å². The molecule has 2 unspecified atom stereocenters. The molecule has 0 saturated heterocycles. The van der Waals surface area contributed by atoms with Crippen LogP contribution < -0.4 is 29.6 Å². The zero-order valence-corrected chi connectivity index (χ0v) is 20.7. The fourth-order valence-corrected chi connectivity index (χ4v) is 4.37. The molecule has 0 saturated carbocycles. The molecular weight excluding hydrogens is 546 g/mol. The number of aliphatic hydroxyl groups excluding tert-OH is 1. The zero-order chi connectivity index (χ0) is 22.1. The van der Waals surface area contributed by atoms with Crippen LogP contribution in [-0.2, 0) is 13.9 Å². The number of aliphatic hydroxyl groups is 2. The Balaban J connectivity index is -0.000000444. The molecule has 0 radical (unpaired) electrons. The summed E-state index contributed by atoms with van der Waals surface area (Å²) >= 11 is 27.9. The van der Waals surface area contributed by atoms with Crippen LogP contribution in [-0.4, -0.2) is 57.2 Å². The van der Waals surface area contributed by atoms with Crippen molar-refractivity contribution in [1.82, 2.24) is 0 Å². The number of phenols is 1. The molecule has 0 aromatic heterocycles. The van der Waals surface area contributed by atoms with Crippen molar-refractivity contribution in [1.29, 1.82) is 0 Å². The summed E-state index contributed by atoms with van der Waals surface area (Å²) in [7, 11) is -11.5. The summed E-state index contributed by atoms with van der Waals surface area (Å²) in [6.07, 6.45) is 0. The Hall–Kier alpha value is 1.16. The van der Waals surface area contributed by atoms with Crippen molar-refractivity contribution < 1.29 is 84.9 Å². The Labute approximate surface area is 204 Å². The Morgan fingerprint density at radius 3 is 1.36 bits per heavy atom. The van der Waals surface area contributed by atoms with Crippen molar-refractivity contribution >= 4 is 79.2 Å². The third-order valence-corrected chi connectivity index (χ3v) is 7.42. The summed E-state index contributed by atoms with van der Waals surface area (Å²) in [6, 6.07) is 0. The number of carbonyl (C=O) groups is 1. The molecule has 158 valence electrons. The molecule has 0 heterocycles. The predicted octanol–water partition coefficient (Wildman–Crippen LogP) is -0.791. The molecule has 2 atom stereocenters. The molecule has 0 aliphatic heterocycles. The maximum Gasteiger partial charge on any atom is 1.00 e. The molecule has 0 spiro atoms. The van der Waals surface area contributed by atoms with Crippen molar-refractivity contribution in [3.63, 3.8) is 0 Å². The smallest absolute Gasteiger partial charge is 1.00 e. The van der Waals surface area contributed by atoms with Crippen molar-refractivity contribution in [3.8, 4) is 5.75 Å². The fraction of sp³-hybridized carbons (Fsp3) is 0.222. The van der Waals surface area contributed by atoms with E-state index < -0.39 is 32.3 Å². The molecule has 1 rings (SSSR count). The number of hydrogen-bond acceptors (Lipinski definition) is 6. The minimum Gasteiger partial charge on any atom is -1.00 e. The van der Waals surface area contributed by atoms with Crippen LogP contribution in [0.2, 0.25) is 25.1 Å². The van der Waals surface area contributed by atoms with Gasteiger partial charge in [0.1, 0.15) is 10.0 Å². The van der Waals surface area contributed by atoms with Crippen LogP contribution in [0.1, 0.15) is 1.43 Å². The molecule has 0 bridgehead atoms. The zero-order valence-electron chi connectivity index (χ0n) is 14.2. The number of carboxylic acid groups (broad SMARTS) is 1. The molecule has 0 fully saturated rings. The van der Waals surface area contributed by atoms with E-state index in [2.05, 4.69) is 0 Å². The number of phenolic OH excluding ortho intramolecular Hbond substituents is 1. The Kier molecular flexibility index (Phi) is 12.5. The van der Waals surface area contributed by atoms with E-state index >= 15 is 0 Å². The van der Waals surface area contributed by atoms with Gasteiger partial charge in [0.15, 0.2) is 5.75 Å². The number of aliphatic carboxylic acids is 1. The van der Waals surface area contributed by atoms with Gasteiger partial charge in [-0.05, 0) is 0 Å². The van der Waals surface area contributed by atoms with Gasteiger partial charge in [-0.25, -0.2) is 4.79 Å². The van der Waals surface area contributed by atoms with E-state index in [1.807, 2.05) is 0 Å². The number of halogens is 5. The van der Waals surface area contributed by atoms with Gasteiger partial charge in [-0.15, -0.1) is 0 Å². The second-order valence-corrected chi connectivity index (χ2v) is 9.78. The van der Waals surface area contributed by atoms with Crippen LogP contribution >= 0.6 is 73.2 Å². The standard InChI is InChI=1S/C6HCl5O.C3H8O10P2.Na.H/c7-1-2(8)4(10)6(12)5(11)3(1)9;4-1(5)3(7,15(11,12)13)2(6)14(8,9)10;;/h12H;2,6-7H,(H,4,5)(H2,8,9,10)(H2,11,12,13);;/q;;+1;-1. The number of hydrogen-bond donors (Lipinski definition) is 8. The maximum absolute atomic E-state index is 10.5.